The lowest BCUT2D eigenvalue weighted by molar-refractivity contribution is -0.0928. The fourth-order valence-corrected chi connectivity index (χ4v) is 1.27. The zero-order valence-corrected chi connectivity index (χ0v) is 7.73. The molecule has 7 nitrogen and oxygen atoms in total. The lowest BCUT2D eigenvalue weighted by Gasteiger charge is -2.29. The second-order valence-corrected chi connectivity index (χ2v) is 3.70. The van der Waals surface area contributed by atoms with E-state index < -0.39 is 35.3 Å². The Balaban J connectivity index is 4.65. The van der Waals surface area contributed by atoms with Crippen LogP contribution in [0.3, 0.4) is 0 Å². The Labute approximate surface area is 75.5 Å². The molecular weight excluding hydrogens is 204 g/mol. The third kappa shape index (κ3) is 3.98. The molecule has 8 heteroatoms. The van der Waals surface area contributed by atoms with Crippen molar-refractivity contribution in [3.8, 4) is 0 Å². The fourth-order valence-electron chi connectivity index (χ4n) is 0.621. The summed E-state index contributed by atoms with van der Waals surface area (Å²) in [5.41, 5.74) is -1.94. The van der Waals surface area contributed by atoms with E-state index in [2.05, 4.69) is 4.18 Å². The highest BCUT2D eigenvalue weighted by Gasteiger charge is 2.37. The van der Waals surface area contributed by atoms with Crippen molar-refractivity contribution in [3.05, 3.63) is 0 Å². The van der Waals surface area contributed by atoms with E-state index in [1.54, 1.807) is 0 Å². The molecule has 0 aliphatic rings. The zero-order chi connectivity index (χ0) is 10.7. The maximum Gasteiger partial charge on any atom is 0.398 e. The first kappa shape index (κ1) is 12.8. The quantitative estimate of drug-likeness (QED) is 0.388. The van der Waals surface area contributed by atoms with E-state index in [0.717, 1.165) is 6.92 Å². The van der Waals surface area contributed by atoms with Gasteiger partial charge in [0.2, 0.25) is 0 Å². The molecule has 0 fully saturated rings. The topological polar surface area (TPSA) is 124 Å². The molecule has 0 aliphatic heterocycles. The third-order valence-electron chi connectivity index (χ3n) is 1.49. The molecular formula is C5H12O7S. The van der Waals surface area contributed by atoms with Gasteiger partial charge in [-0.15, -0.1) is 0 Å². The summed E-state index contributed by atoms with van der Waals surface area (Å²) in [5.74, 6) is 0. The molecule has 0 saturated heterocycles. The van der Waals surface area contributed by atoms with E-state index in [4.69, 9.17) is 19.9 Å². The summed E-state index contributed by atoms with van der Waals surface area (Å²) in [6.07, 6.45) is -1.61. The molecule has 2 atom stereocenters. The van der Waals surface area contributed by atoms with Gasteiger partial charge in [-0.1, -0.05) is 0 Å². The van der Waals surface area contributed by atoms with E-state index in [0.29, 0.717) is 0 Å². The van der Waals surface area contributed by atoms with Crippen LogP contribution in [0.2, 0.25) is 0 Å². The maximum atomic E-state index is 10.3. The minimum Gasteiger partial charge on any atom is -0.394 e. The molecule has 0 amide bonds. The standard InChI is InChI=1S/C5H12O7S/c1-5(3-7,4(8)2-6)12-13(9,10)11/h4,6-8H,2-3H2,1H3,(H,9,10,11). The number of hydrogen-bond acceptors (Lipinski definition) is 6. The van der Waals surface area contributed by atoms with Crippen LogP contribution >= 0.6 is 0 Å². The Bertz CT molecular complexity index is 248. The van der Waals surface area contributed by atoms with Gasteiger partial charge >= 0.3 is 10.4 Å². The summed E-state index contributed by atoms with van der Waals surface area (Å²) in [6, 6.07) is 0. The normalized spacial score (nSPS) is 19.5. The lowest BCUT2D eigenvalue weighted by Crippen LogP contribution is -2.48. The molecule has 0 aliphatic carbocycles. The van der Waals surface area contributed by atoms with E-state index in [9.17, 15) is 8.42 Å². The van der Waals surface area contributed by atoms with Crippen molar-refractivity contribution in [2.75, 3.05) is 13.2 Å². The second kappa shape index (κ2) is 4.31. The number of aliphatic hydroxyl groups is 3. The zero-order valence-electron chi connectivity index (χ0n) is 6.91. The van der Waals surface area contributed by atoms with Gasteiger partial charge in [0.15, 0.2) is 0 Å². The molecule has 0 heterocycles. The molecule has 0 aromatic carbocycles. The minimum absolute atomic E-state index is 0.799. The summed E-state index contributed by atoms with van der Waals surface area (Å²) in [5, 5.41) is 26.2. The highest BCUT2D eigenvalue weighted by Crippen LogP contribution is 2.17. The van der Waals surface area contributed by atoms with Crippen LogP contribution in [0.25, 0.3) is 0 Å². The van der Waals surface area contributed by atoms with Gasteiger partial charge in [0.1, 0.15) is 11.7 Å². The van der Waals surface area contributed by atoms with Crippen LogP contribution in [-0.2, 0) is 14.6 Å². The predicted molar refractivity (Wildman–Crippen MR) is 41.2 cm³/mol. The average molecular weight is 216 g/mol. The van der Waals surface area contributed by atoms with Crippen molar-refractivity contribution >= 4 is 10.4 Å². The molecule has 80 valence electrons. The smallest absolute Gasteiger partial charge is 0.394 e. The largest absolute Gasteiger partial charge is 0.398 e. The van der Waals surface area contributed by atoms with Gasteiger partial charge in [0.05, 0.1) is 13.2 Å². The molecule has 0 aromatic rings. The molecule has 0 spiro atoms. The van der Waals surface area contributed by atoms with Crippen molar-refractivity contribution in [2.45, 2.75) is 18.6 Å². The number of aliphatic hydroxyl groups excluding tert-OH is 3. The molecule has 0 saturated carbocycles. The highest BCUT2D eigenvalue weighted by molar-refractivity contribution is 7.80. The predicted octanol–water partition coefficient (Wildman–Crippen LogP) is -2.09. The van der Waals surface area contributed by atoms with Crippen LogP contribution in [0.4, 0.5) is 0 Å². The van der Waals surface area contributed by atoms with Crippen molar-refractivity contribution < 1.29 is 32.5 Å². The molecule has 2 unspecified atom stereocenters. The Morgan fingerprint density at radius 1 is 1.46 bits per heavy atom. The third-order valence-corrected chi connectivity index (χ3v) is 2.08. The van der Waals surface area contributed by atoms with Gasteiger partial charge in [-0.25, -0.2) is 4.18 Å². The summed E-state index contributed by atoms with van der Waals surface area (Å²) in [4.78, 5) is 0. The molecule has 13 heavy (non-hydrogen) atoms. The van der Waals surface area contributed by atoms with E-state index in [1.807, 2.05) is 0 Å². The number of hydrogen-bond donors (Lipinski definition) is 4. The van der Waals surface area contributed by atoms with Gasteiger partial charge in [0.25, 0.3) is 0 Å². The fraction of sp³-hybridized carbons (Fsp3) is 1.00. The van der Waals surface area contributed by atoms with Crippen LogP contribution in [0.15, 0.2) is 0 Å². The number of rotatable bonds is 5. The van der Waals surface area contributed by atoms with Crippen molar-refractivity contribution in [3.63, 3.8) is 0 Å². The van der Waals surface area contributed by atoms with Crippen LogP contribution in [0.5, 0.6) is 0 Å². The monoisotopic (exact) mass is 216 g/mol. The van der Waals surface area contributed by atoms with Crippen LogP contribution in [0, 0.1) is 0 Å². The SMILES string of the molecule is CC(CO)(OS(=O)(=O)O)C(O)CO. The summed E-state index contributed by atoms with van der Waals surface area (Å²) < 4.78 is 32.8. The summed E-state index contributed by atoms with van der Waals surface area (Å²) >= 11 is 0. The van der Waals surface area contributed by atoms with Gasteiger partial charge < -0.3 is 15.3 Å². The van der Waals surface area contributed by atoms with E-state index >= 15 is 0 Å². The van der Waals surface area contributed by atoms with Crippen LogP contribution in [0.1, 0.15) is 6.92 Å². The molecule has 4 N–H and O–H groups in total. The summed E-state index contributed by atoms with van der Waals surface area (Å²) in [7, 11) is -4.78. The maximum absolute atomic E-state index is 10.3. The molecule has 0 rings (SSSR count). The molecule has 0 bridgehead atoms. The first-order chi connectivity index (χ1) is 5.75. The average Bonchev–Trinajstić information content (AvgIpc) is 1.99. The van der Waals surface area contributed by atoms with Crippen LogP contribution in [-0.4, -0.2) is 53.2 Å². The van der Waals surface area contributed by atoms with Crippen molar-refractivity contribution in [1.82, 2.24) is 0 Å². The van der Waals surface area contributed by atoms with Crippen molar-refractivity contribution in [1.29, 1.82) is 0 Å². The van der Waals surface area contributed by atoms with Gasteiger partial charge in [-0.2, -0.15) is 8.42 Å². The first-order valence-electron chi connectivity index (χ1n) is 3.33. The Kier molecular flexibility index (Phi) is 4.23. The highest BCUT2D eigenvalue weighted by atomic mass is 32.3. The van der Waals surface area contributed by atoms with Gasteiger partial charge in [0, 0.05) is 0 Å². The lowest BCUT2D eigenvalue weighted by atomic mass is 10.0. The van der Waals surface area contributed by atoms with Gasteiger partial charge in [-0.05, 0) is 6.92 Å². The first-order valence-corrected chi connectivity index (χ1v) is 4.69. The minimum atomic E-state index is -4.78. The van der Waals surface area contributed by atoms with E-state index in [1.165, 1.54) is 0 Å². The Morgan fingerprint density at radius 3 is 2.15 bits per heavy atom. The Morgan fingerprint density at radius 2 is 1.92 bits per heavy atom. The summed E-state index contributed by atoms with van der Waals surface area (Å²) in [6.45, 7) is -0.636. The van der Waals surface area contributed by atoms with E-state index in [-0.39, 0.29) is 0 Å². The Hall–Kier alpha value is -0.250. The second-order valence-electron chi connectivity index (χ2n) is 2.68. The van der Waals surface area contributed by atoms with Crippen LogP contribution < -0.4 is 0 Å². The molecule has 0 radical (unpaired) electrons. The molecule has 0 aromatic heterocycles. The van der Waals surface area contributed by atoms with Gasteiger partial charge in [-0.3, -0.25) is 4.55 Å². The van der Waals surface area contributed by atoms with Crippen molar-refractivity contribution in [2.24, 2.45) is 0 Å².